The van der Waals surface area contributed by atoms with Crippen LogP contribution in [0.2, 0.25) is 0 Å². The quantitative estimate of drug-likeness (QED) is 0.423. The molecule has 3 aromatic heterocycles. The van der Waals surface area contributed by atoms with Crippen molar-refractivity contribution in [2.24, 2.45) is 4.99 Å². The lowest BCUT2D eigenvalue weighted by Gasteiger charge is -2.26. The van der Waals surface area contributed by atoms with E-state index in [9.17, 15) is 15.3 Å². The van der Waals surface area contributed by atoms with E-state index < -0.39 is 0 Å². The molecule has 0 atom stereocenters. The van der Waals surface area contributed by atoms with Crippen LogP contribution >= 0.6 is 0 Å². The molecule has 0 radical (unpaired) electrons. The minimum Gasteiger partial charge on any atom is -0.494 e. The van der Waals surface area contributed by atoms with Gasteiger partial charge in [-0.3, -0.25) is 4.98 Å². The fraction of sp³-hybridized carbons (Fsp3) is 0.474. The molecule has 0 spiro atoms. The minimum atomic E-state index is -0.224. The lowest BCUT2D eigenvalue weighted by atomic mass is 9.93. The number of rotatable bonds is 4. The third kappa shape index (κ3) is 3.75. The van der Waals surface area contributed by atoms with E-state index in [1.54, 1.807) is 16.8 Å². The third-order valence-corrected chi connectivity index (χ3v) is 5.38. The lowest BCUT2D eigenvalue weighted by molar-refractivity contribution is 0.126. The van der Waals surface area contributed by atoms with E-state index in [2.05, 4.69) is 30.4 Å². The first-order chi connectivity index (χ1) is 14.0. The van der Waals surface area contributed by atoms with Crippen molar-refractivity contribution >= 4 is 17.7 Å². The monoisotopic (exact) mass is 397 g/mol. The third-order valence-electron chi connectivity index (χ3n) is 5.38. The van der Waals surface area contributed by atoms with Gasteiger partial charge < -0.3 is 20.6 Å². The number of aromatic nitrogens is 5. The van der Waals surface area contributed by atoms with Crippen LogP contribution in [0.15, 0.2) is 17.3 Å². The molecule has 3 aromatic rings. The summed E-state index contributed by atoms with van der Waals surface area (Å²) in [7, 11) is 0. The van der Waals surface area contributed by atoms with Gasteiger partial charge in [0.15, 0.2) is 17.4 Å². The van der Waals surface area contributed by atoms with Crippen LogP contribution in [-0.2, 0) is 0 Å². The van der Waals surface area contributed by atoms with Gasteiger partial charge in [0.25, 0.3) is 5.62 Å². The Morgan fingerprint density at radius 2 is 1.93 bits per heavy atom. The molecule has 2 aliphatic rings. The number of nitrogens with one attached hydrogen (secondary N) is 2. The first kappa shape index (κ1) is 17.9. The van der Waals surface area contributed by atoms with E-state index in [4.69, 9.17) is 0 Å². The van der Waals surface area contributed by atoms with Gasteiger partial charge in [-0.05, 0) is 44.6 Å². The number of fused-ring (bicyclic) bond motifs is 1. The summed E-state index contributed by atoms with van der Waals surface area (Å²) in [6, 6.07) is 1.91. The van der Waals surface area contributed by atoms with Gasteiger partial charge in [0.1, 0.15) is 0 Å². The number of hydrogen-bond acceptors (Lipinski definition) is 8. The number of aliphatic hydroxyl groups excluding tert-OH is 1. The van der Waals surface area contributed by atoms with Crippen molar-refractivity contribution in [3.8, 4) is 11.8 Å². The van der Waals surface area contributed by atoms with Gasteiger partial charge >= 0.3 is 0 Å². The number of aromatic hydroxyl groups is 2. The Kier molecular flexibility index (Phi) is 4.35. The number of H-pyrrole nitrogens is 1. The highest BCUT2D eigenvalue weighted by Gasteiger charge is 2.22. The predicted octanol–water partition coefficient (Wildman–Crippen LogP) is 0.190. The maximum absolute atomic E-state index is 9.92. The molecule has 0 unspecified atom stereocenters. The minimum absolute atomic E-state index is 0.119. The number of hydrogen-bond donors (Lipinski definition) is 5. The molecule has 5 N–H and O–H groups in total. The molecule has 0 saturated heterocycles. The maximum Gasteiger partial charge on any atom is 0.251 e. The Morgan fingerprint density at radius 3 is 2.62 bits per heavy atom. The Bertz CT molecular complexity index is 1160. The molecule has 152 valence electrons. The molecule has 0 aromatic carbocycles. The largest absolute Gasteiger partial charge is 0.494 e. The van der Waals surface area contributed by atoms with Crippen molar-refractivity contribution < 1.29 is 15.3 Å². The summed E-state index contributed by atoms with van der Waals surface area (Å²) < 4.78 is 1.60. The molecular weight excluding hydrogens is 374 g/mol. The van der Waals surface area contributed by atoms with Crippen molar-refractivity contribution in [1.82, 2.24) is 24.6 Å². The topological polar surface area (TPSA) is 144 Å². The lowest BCUT2D eigenvalue weighted by Crippen LogP contribution is -2.31. The summed E-state index contributed by atoms with van der Waals surface area (Å²) in [6.07, 6.45) is 8.46. The summed E-state index contributed by atoms with van der Waals surface area (Å²) in [5.74, 6) is 0.235. The molecule has 3 heterocycles. The highest BCUT2D eigenvalue weighted by Crippen LogP contribution is 2.23. The predicted molar refractivity (Wildman–Crippen MR) is 104 cm³/mol. The van der Waals surface area contributed by atoms with Crippen LogP contribution in [0.3, 0.4) is 0 Å². The zero-order valence-electron chi connectivity index (χ0n) is 15.8. The summed E-state index contributed by atoms with van der Waals surface area (Å²) in [5.41, 5.74) is 1.50. The zero-order valence-corrected chi connectivity index (χ0v) is 15.8. The molecule has 2 saturated carbocycles. The van der Waals surface area contributed by atoms with Crippen LogP contribution in [0, 0.1) is 0 Å². The van der Waals surface area contributed by atoms with Gasteiger partial charge in [-0.25, -0.2) is 4.99 Å². The highest BCUT2D eigenvalue weighted by molar-refractivity contribution is 5.61. The Balaban J connectivity index is 1.58. The van der Waals surface area contributed by atoms with E-state index in [0.717, 1.165) is 38.5 Å². The Hall–Kier alpha value is -3.14. The van der Waals surface area contributed by atoms with E-state index in [1.807, 2.05) is 0 Å². The van der Waals surface area contributed by atoms with Gasteiger partial charge in [-0.1, -0.05) is 0 Å². The molecule has 0 amide bonds. The van der Waals surface area contributed by atoms with Gasteiger partial charge in [0.2, 0.25) is 5.95 Å². The number of aliphatic hydroxyl groups is 1. The summed E-state index contributed by atoms with van der Waals surface area (Å²) in [6.45, 7) is 0. The van der Waals surface area contributed by atoms with Crippen LogP contribution in [0.1, 0.15) is 44.1 Å². The van der Waals surface area contributed by atoms with E-state index in [-0.39, 0.29) is 29.9 Å². The average Bonchev–Trinajstić information content (AvgIpc) is 3.33. The van der Waals surface area contributed by atoms with Crippen LogP contribution in [0.25, 0.3) is 11.7 Å². The second kappa shape index (κ2) is 7.03. The average molecular weight is 397 g/mol. The smallest absolute Gasteiger partial charge is 0.251 e. The summed E-state index contributed by atoms with van der Waals surface area (Å²) >= 11 is 0. The standard InChI is InChI=1S/C19H23N7O3/c27-14-5-3-12(4-6-14)21-18-24-16-11(7-10-8-15(28)23-17(10)29)9-20-26(16)19(25-18)22-13-1-2-13/h7-9,12-14,23,27-29H,1-6H2,(H,21,22,25). The van der Waals surface area contributed by atoms with Crippen molar-refractivity contribution in [3.05, 3.63) is 28.7 Å². The fourth-order valence-corrected chi connectivity index (χ4v) is 3.62. The second-order valence-corrected chi connectivity index (χ2v) is 7.80. The maximum atomic E-state index is 9.92. The second-order valence-electron chi connectivity index (χ2n) is 7.80. The molecule has 10 heteroatoms. The molecule has 2 fully saturated rings. The van der Waals surface area contributed by atoms with Crippen molar-refractivity contribution in [2.45, 2.75) is 56.7 Å². The zero-order chi connectivity index (χ0) is 20.0. The normalized spacial score (nSPS) is 23.8. The molecule has 5 rings (SSSR count). The van der Waals surface area contributed by atoms with Crippen LogP contribution in [-0.4, -0.2) is 58.1 Å². The van der Waals surface area contributed by atoms with Gasteiger partial charge in [0.05, 0.1) is 18.3 Å². The molecule has 10 nitrogen and oxygen atoms in total. The molecule has 0 bridgehead atoms. The number of anilines is 1. The first-order valence-corrected chi connectivity index (χ1v) is 9.92. The summed E-state index contributed by atoms with van der Waals surface area (Å²) in [4.78, 5) is 16.3. The van der Waals surface area contributed by atoms with Crippen LogP contribution in [0.5, 0.6) is 11.8 Å². The first-order valence-electron chi connectivity index (χ1n) is 9.92. The SMILES string of the molecule is Oc1cc(C=c2cnn3c(=NC4CC4)nc(NC4CCC(O)CC4)nc23)c(O)[nH]1. The van der Waals surface area contributed by atoms with Gasteiger partial charge in [0, 0.05) is 22.9 Å². The molecule has 2 aliphatic carbocycles. The van der Waals surface area contributed by atoms with E-state index in [0.29, 0.717) is 28.0 Å². The highest BCUT2D eigenvalue weighted by atomic mass is 16.3. The molecule has 29 heavy (non-hydrogen) atoms. The van der Waals surface area contributed by atoms with E-state index >= 15 is 0 Å². The van der Waals surface area contributed by atoms with Gasteiger partial charge in [-0.15, -0.1) is 0 Å². The van der Waals surface area contributed by atoms with E-state index in [1.165, 1.54) is 6.07 Å². The van der Waals surface area contributed by atoms with Crippen molar-refractivity contribution in [3.63, 3.8) is 0 Å². The number of aromatic amines is 1. The van der Waals surface area contributed by atoms with Crippen molar-refractivity contribution in [1.29, 1.82) is 0 Å². The van der Waals surface area contributed by atoms with Crippen LogP contribution < -0.4 is 16.2 Å². The van der Waals surface area contributed by atoms with Crippen molar-refractivity contribution in [2.75, 3.05) is 5.32 Å². The molecule has 0 aliphatic heterocycles. The summed E-state index contributed by atoms with van der Waals surface area (Å²) in [5, 5.41) is 37.6. The Morgan fingerprint density at radius 1 is 1.14 bits per heavy atom. The van der Waals surface area contributed by atoms with Crippen LogP contribution in [0.4, 0.5) is 5.95 Å². The molecular formula is C19H23N7O3. The Labute approximate surface area is 165 Å². The van der Waals surface area contributed by atoms with Gasteiger partial charge in [-0.2, -0.15) is 19.6 Å². The fourth-order valence-electron chi connectivity index (χ4n) is 3.62. The number of nitrogens with zero attached hydrogens (tertiary/aromatic N) is 5.